The number of para-hydroxylation sites is 1. The van der Waals surface area contributed by atoms with E-state index in [-0.39, 0.29) is 11.9 Å². The highest BCUT2D eigenvalue weighted by Crippen LogP contribution is 2.41. The Morgan fingerprint density at radius 3 is 2.21 bits per heavy atom. The van der Waals surface area contributed by atoms with Crippen LogP contribution in [0, 0.1) is 0 Å². The smallest absolute Gasteiger partial charge is 0.271 e. The van der Waals surface area contributed by atoms with Gasteiger partial charge in [0.1, 0.15) is 17.5 Å². The second kappa shape index (κ2) is 7.95. The third-order valence-electron chi connectivity index (χ3n) is 4.69. The molecule has 1 aliphatic rings. The SMILES string of the molecule is CCOc1ccc(N2C(=O)C(Oc3ccccc3)C2c2ccc(Cl)cc2)cc1. The Labute approximate surface area is 169 Å². The van der Waals surface area contributed by atoms with Gasteiger partial charge in [0.25, 0.3) is 5.91 Å². The van der Waals surface area contributed by atoms with Gasteiger partial charge >= 0.3 is 0 Å². The summed E-state index contributed by atoms with van der Waals surface area (Å²) in [7, 11) is 0. The zero-order valence-corrected chi connectivity index (χ0v) is 16.2. The van der Waals surface area contributed by atoms with Crippen LogP contribution in [0.4, 0.5) is 5.69 Å². The second-order valence-electron chi connectivity index (χ2n) is 6.48. The van der Waals surface area contributed by atoms with Crippen molar-refractivity contribution in [2.45, 2.75) is 19.1 Å². The van der Waals surface area contributed by atoms with Crippen molar-refractivity contribution in [1.29, 1.82) is 0 Å². The van der Waals surface area contributed by atoms with Gasteiger partial charge in [-0.1, -0.05) is 41.9 Å². The molecule has 1 saturated heterocycles. The number of nitrogens with zero attached hydrogens (tertiary/aromatic N) is 1. The van der Waals surface area contributed by atoms with Crippen molar-refractivity contribution in [3.63, 3.8) is 0 Å². The highest BCUT2D eigenvalue weighted by atomic mass is 35.5. The van der Waals surface area contributed by atoms with Crippen LogP contribution in [0.1, 0.15) is 18.5 Å². The van der Waals surface area contributed by atoms with E-state index in [4.69, 9.17) is 21.1 Å². The Morgan fingerprint density at radius 1 is 0.893 bits per heavy atom. The van der Waals surface area contributed by atoms with Gasteiger partial charge in [-0.25, -0.2) is 0 Å². The van der Waals surface area contributed by atoms with Gasteiger partial charge in [-0.2, -0.15) is 0 Å². The molecule has 1 aliphatic heterocycles. The Hall–Kier alpha value is -2.98. The first-order valence-corrected chi connectivity index (χ1v) is 9.58. The van der Waals surface area contributed by atoms with E-state index in [1.165, 1.54) is 0 Å². The van der Waals surface area contributed by atoms with Crippen LogP contribution in [-0.2, 0) is 4.79 Å². The number of β-lactam (4-membered cyclic amide) rings is 1. The normalized spacial score (nSPS) is 18.5. The van der Waals surface area contributed by atoms with Crippen molar-refractivity contribution in [3.8, 4) is 11.5 Å². The Morgan fingerprint density at radius 2 is 1.57 bits per heavy atom. The predicted molar refractivity (Wildman–Crippen MR) is 110 cm³/mol. The number of benzene rings is 3. The molecule has 0 aromatic heterocycles. The fraction of sp³-hybridized carbons (Fsp3) is 0.174. The molecule has 1 heterocycles. The minimum atomic E-state index is -0.588. The van der Waals surface area contributed by atoms with E-state index >= 15 is 0 Å². The molecule has 2 unspecified atom stereocenters. The molecule has 4 nitrogen and oxygen atoms in total. The van der Waals surface area contributed by atoms with Crippen molar-refractivity contribution in [3.05, 3.63) is 89.4 Å². The largest absolute Gasteiger partial charge is 0.494 e. The molecule has 1 fully saturated rings. The molecule has 28 heavy (non-hydrogen) atoms. The maximum Gasteiger partial charge on any atom is 0.271 e. The quantitative estimate of drug-likeness (QED) is 0.535. The van der Waals surface area contributed by atoms with Crippen LogP contribution >= 0.6 is 11.6 Å². The van der Waals surface area contributed by atoms with Crippen LogP contribution in [0.15, 0.2) is 78.9 Å². The van der Waals surface area contributed by atoms with E-state index in [9.17, 15) is 4.79 Å². The third-order valence-corrected chi connectivity index (χ3v) is 4.94. The number of rotatable bonds is 6. The summed E-state index contributed by atoms with van der Waals surface area (Å²) in [6.07, 6.45) is -0.588. The van der Waals surface area contributed by atoms with Crippen LogP contribution in [-0.4, -0.2) is 18.6 Å². The molecule has 0 saturated carbocycles. The third kappa shape index (κ3) is 3.56. The van der Waals surface area contributed by atoms with E-state index in [1.807, 2.05) is 85.8 Å². The second-order valence-corrected chi connectivity index (χ2v) is 6.92. The first-order chi connectivity index (χ1) is 13.7. The van der Waals surface area contributed by atoms with Crippen LogP contribution in [0.3, 0.4) is 0 Å². The van der Waals surface area contributed by atoms with E-state index in [2.05, 4.69) is 0 Å². The number of anilines is 1. The first-order valence-electron chi connectivity index (χ1n) is 9.20. The van der Waals surface area contributed by atoms with Gasteiger partial charge in [-0.05, 0) is 61.0 Å². The van der Waals surface area contributed by atoms with Gasteiger partial charge in [-0.15, -0.1) is 0 Å². The number of carbonyl (C=O) groups is 1. The molecule has 142 valence electrons. The summed E-state index contributed by atoms with van der Waals surface area (Å²) in [5, 5.41) is 0.655. The van der Waals surface area contributed by atoms with Crippen molar-refractivity contribution in [2.75, 3.05) is 11.5 Å². The number of halogens is 1. The van der Waals surface area contributed by atoms with Crippen molar-refractivity contribution < 1.29 is 14.3 Å². The lowest BCUT2D eigenvalue weighted by molar-refractivity contribution is -0.135. The molecule has 0 aliphatic carbocycles. The summed E-state index contributed by atoms with van der Waals surface area (Å²) < 4.78 is 11.5. The molecule has 3 aromatic rings. The minimum Gasteiger partial charge on any atom is -0.494 e. The number of carbonyl (C=O) groups excluding carboxylic acids is 1. The molecule has 4 rings (SSSR count). The monoisotopic (exact) mass is 393 g/mol. The highest BCUT2D eigenvalue weighted by molar-refractivity contribution is 6.30. The summed E-state index contributed by atoms with van der Waals surface area (Å²) in [5.74, 6) is 1.37. The molecule has 1 amide bonds. The summed E-state index contributed by atoms with van der Waals surface area (Å²) in [6.45, 7) is 2.54. The first kappa shape index (κ1) is 18.4. The minimum absolute atomic E-state index is 0.0760. The lowest BCUT2D eigenvalue weighted by atomic mass is 9.89. The molecule has 0 N–H and O–H groups in total. The van der Waals surface area contributed by atoms with Crippen LogP contribution in [0.2, 0.25) is 5.02 Å². The molecule has 3 aromatic carbocycles. The summed E-state index contributed by atoms with van der Waals surface area (Å²) in [5.41, 5.74) is 1.78. The maximum atomic E-state index is 13.0. The van der Waals surface area contributed by atoms with Gasteiger partial charge in [0.05, 0.1) is 6.61 Å². The Bertz CT molecular complexity index is 942. The topological polar surface area (TPSA) is 38.8 Å². The molecular formula is C23H20ClNO3. The Balaban J connectivity index is 1.65. The lowest BCUT2D eigenvalue weighted by Crippen LogP contribution is -2.61. The number of ether oxygens (including phenoxy) is 2. The summed E-state index contributed by atoms with van der Waals surface area (Å²) in [4.78, 5) is 14.7. The number of hydrogen-bond acceptors (Lipinski definition) is 3. The van der Waals surface area contributed by atoms with Gasteiger partial charge in [0.15, 0.2) is 0 Å². The summed E-state index contributed by atoms with van der Waals surface area (Å²) in [6, 6.07) is 24.2. The van der Waals surface area contributed by atoms with Crippen LogP contribution in [0.25, 0.3) is 0 Å². The van der Waals surface area contributed by atoms with Crippen molar-refractivity contribution in [2.24, 2.45) is 0 Å². The predicted octanol–water partition coefficient (Wildman–Crippen LogP) is 5.27. The lowest BCUT2D eigenvalue weighted by Gasteiger charge is -2.46. The zero-order chi connectivity index (χ0) is 19.5. The van der Waals surface area contributed by atoms with Gasteiger partial charge < -0.3 is 9.47 Å². The fourth-order valence-electron chi connectivity index (χ4n) is 3.36. The van der Waals surface area contributed by atoms with Crippen molar-refractivity contribution in [1.82, 2.24) is 0 Å². The standard InChI is InChI=1S/C23H20ClNO3/c1-2-27-19-14-12-18(13-15-19)25-21(16-8-10-17(24)11-9-16)22(23(25)26)28-20-6-4-3-5-7-20/h3-15,21-22H,2H2,1H3. The molecule has 0 radical (unpaired) electrons. The van der Waals surface area contributed by atoms with E-state index < -0.39 is 6.10 Å². The van der Waals surface area contributed by atoms with E-state index in [0.717, 1.165) is 17.0 Å². The van der Waals surface area contributed by atoms with Gasteiger partial charge in [-0.3, -0.25) is 9.69 Å². The average molecular weight is 394 g/mol. The maximum absolute atomic E-state index is 13.0. The van der Waals surface area contributed by atoms with E-state index in [1.54, 1.807) is 4.90 Å². The van der Waals surface area contributed by atoms with Gasteiger partial charge in [0.2, 0.25) is 6.10 Å². The number of amides is 1. The summed E-state index contributed by atoms with van der Waals surface area (Å²) >= 11 is 6.05. The highest BCUT2D eigenvalue weighted by Gasteiger charge is 2.51. The zero-order valence-electron chi connectivity index (χ0n) is 15.4. The Kier molecular flexibility index (Phi) is 5.22. The van der Waals surface area contributed by atoms with Gasteiger partial charge in [0, 0.05) is 10.7 Å². The fourth-order valence-corrected chi connectivity index (χ4v) is 3.49. The molecule has 2 atom stereocenters. The molecule has 5 heteroatoms. The average Bonchev–Trinajstić information content (AvgIpc) is 2.73. The molecule has 0 bridgehead atoms. The molecule has 0 spiro atoms. The van der Waals surface area contributed by atoms with Crippen LogP contribution < -0.4 is 14.4 Å². The molecular weight excluding hydrogens is 374 g/mol. The van der Waals surface area contributed by atoms with Crippen LogP contribution in [0.5, 0.6) is 11.5 Å². The van der Waals surface area contributed by atoms with Crippen molar-refractivity contribution >= 4 is 23.2 Å². The van der Waals surface area contributed by atoms with E-state index in [0.29, 0.717) is 17.4 Å². The number of hydrogen-bond donors (Lipinski definition) is 0.